The second-order valence-electron chi connectivity index (χ2n) is 7.15. The molecular weight excluding hydrogens is 531 g/mol. The monoisotopic (exact) mass is 550 g/mol. The number of nitrogens with one attached hydrogen (secondary N) is 1. The van der Waals surface area contributed by atoms with E-state index in [0.717, 1.165) is 10.5 Å². The maximum Gasteiger partial charge on any atom is 0.270 e. The van der Waals surface area contributed by atoms with Crippen LogP contribution in [0.4, 0.5) is 11.4 Å². The predicted octanol–water partition coefficient (Wildman–Crippen LogP) is 4.65. The van der Waals surface area contributed by atoms with Gasteiger partial charge >= 0.3 is 0 Å². The standard InChI is InChI=1S/C23H20Cl2N4O6S/c1-2-35-20-8-5-18(6-9-20)28(36(33,34)21-10-3-17(24)4-11-21)15-23(30)27-26-14-16-13-19(29(31)32)7-12-22(16)25/h3-14H,2,15H2,1H3,(H,27,30)/b26-14-. The van der Waals surface area contributed by atoms with E-state index in [4.69, 9.17) is 27.9 Å². The van der Waals surface area contributed by atoms with E-state index in [1.54, 1.807) is 12.1 Å². The number of ether oxygens (including phenoxy) is 1. The summed E-state index contributed by atoms with van der Waals surface area (Å²) in [5.74, 6) is -0.229. The summed E-state index contributed by atoms with van der Waals surface area (Å²) in [5.41, 5.74) is 2.43. The van der Waals surface area contributed by atoms with Gasteiger partial charge in [-0.25, -0.2) is 13.8 Å². The first-order chi connectivity index (χ1) is 17.1. The number of nitro benzene ring substituents is 1. The van der Waals surface area contributed by atoms with Crippen LogP contribution in [-0.2, 0) is 14.8 Å². The average molecular weight is 551 g/mol. The lowest BCUT2D eigenvalue weighted by Gasteiger charge is -2.24. The molecule has 0 bridgehead atoms. The number of benzene rings is 3. The van der Waals surface area contributed by atoms with Crippen LogP contribution in [0, 0.1) is 10.1 Å². The molecule has 0 aliphatic carbocycles. The third-order valence-electron chi connectivity index (χ3n) is 4.71. The number of nitrogens with zero attached hydrogens (tertiary/aromatic N) is 3. The van der Waals surface area contributed by atoms with Gasteiger partial charge in [-0.3, -0.25) is 19.2 Å². The fraction of sp³-hybridized carbons (Fsp3) is 0.130. The first-order valence-corrected chi connectivity index (χ1v) is 12.6. The summed E-state index contributed by atoms with van der Waals surface area (Å²) in [6.07, 6.45) is 1.13. The molecule has 0 aliphatic heterocycles. The van der Waals surface area contributed by atoms with Crippen molar-refractivity contribution >= 4 is 56.7 Å². The fourth-order valence-corrected chi connectivity index (χ4v) is 4.72. The summed E-state index contributed by atoms with van der Waals surface area (Å²) in [6.45, 7) is 1.64. The number of rotatable bonds is 10. The number of nitro groups is 1. The number of carbonyl (C=O) groups is 1. The maximum absolute atomic E-state index is 13.4. The molecule has 0 radical (unpaired) electrons. The Hall–Kier alpha value is -3.67. The molecule has 0 saturated heterocycles. The van der Waals surface area contributed by atoms with Gasteiger partial charge in [0.15, 0.2) is 0 Å². The van der Waals surface area contributed by atoms with Crippen molar-refractivity contribution < 1.29 is 22.9 Å². The van der Waals surface area contributed by atoms with Gasteiger partial charge in [0.2, 0.25) is 0 Å². The van der Waals surface area contributed by atoms with Crippen molar-refractivity contribution in [3.63, 3.8) is 0 Å². The lowest BCUT2D eigenvalue weighted by atomic mass is 10.2. The van der Waals surface area contributed by atoms with Crippen LogP contribution in [0.3, 0.4) is 0 Å². The maximum atomic E-state index is 13.4. The molecule has 0 atom stereocenters. The highest BCUT2D eigenvalue weighted by atomic mass is 35.5. The molecule has 10 nitrogen and oxygen atoms in total. The van der Waals surface area contributed by atoms with Gasteiger partial charge in [0, 0.05) is 27.7 Å². The van der Waals surface area contributed by atoms with E-state index in [9.17, 15) is 23.3 Å². The lowest BCUT2D eigenvalue weighted by molar-refractivity contribution is -0.384. The number of hydrogen-bond donors (Lipinski definition) is 1. The van der Waals surface area contributed by atoms with E-state index in [0.29, 0.717) is 17.4 Å². The van der Waals surface area contributed by atoms with E-state index >= 15 is 0 Å². The SMILES string of the molecule is CCOc1ccc(N(CC(=O)N/N=C\c2cc([N+](=O)[O-])ccc2Cl)S(=O)(=O)c2ccc(Cl)cc2)cc1. The van der Waals surface area contributed by atoms with E-state index in [-0.39, 0.29) is 26.9 Å². The zero-order valence-electron chi connectivity index (χ0n) is 18.8. The zero-order valence-corrected chi connectivity index (χ0v) is 21.1. The van der Waals surface area contributed by atoms with E-state index < -0.39 is 27.4 Å². The normalized spacial score (nSPS) is 11.3. The molecule has 0 aliphatic rings. The Morgan fingerprint density at radius 2 is 1.78 bits per heavy atom. The van der Waals surface area contributed by atoms with Gasteiger partial charge in [0.25, 0.3) is 21.6 Å². The molecule has 1 N–H and O–H groups in total. The molecule has 3 aromatic carbocycles. The van der Waals surface area contributed by atoms with Crippen molar-refractivity contribution in [1.82, 2.24) is 5.43 Å². The molecule has 0 spiro atoms. The Morgan fingerprint density at radius 3 is 2.39 bits per heavy atom. The van der Waals surface area contributed by atoms with Crippen molar-refractivity contribution in [2.45, 2.75) is 11.8 Å². The van der Waals surface area contributed by atoms with Crippen LogP contribution in [0.1, 0.15) is 12.5 Å². The van der Waals surface area contributed by atoms with Crippen LogP contribution in [0.5, 0.6) is 5.75 Å². The number of amides is 1. The third kappa shape index (κ3) is 6.72. The summed E-state index contributed by atoms with van der Waals surface area (Å²) in [7, 11) is -4.17. The topological polar surface area (TPSA) is 131 Å². The number of carbonyl (C=O) groups excluding carboxylic acids is 1. The number of anilines is 1. The van der Waals surface area contributed by atoms with Gasteiger partial charge in [-0.2, -0.15) is 5.10 Å². The molecule has 0 aromatic heterocycles. The van der Waals surface area contributed by atoms with Crippen molar-refractivity contribution in [3.05, 3.63) is 92.5 Å². The highest BCUT2D eigenvalue weighted by Gasteiger charge is 2.27. The highest BCUT2D eigenvalue weighted by Crippen LogP contribution is 2.26. The molecule has 3 rings (SSSR count). The van der Waals surface area contributed by atoms with Gasteiger partial charge in [-0.05, 0) is 61.5 Å². The van der Waals surface area contributed by atoms with E-state index in [1.807, 2.05) is 6.92 Å². The van der Waals surface area contributed by atoms with Crippen LogP contribution in [0.15, 0.2) is 76.7 Å². The summed E-state index contributed by atoms with van der Waals surface area (Å²) in [4.78, 5) is 23.0. The highest BCUT2D eigenvalue weighted by molar-refractivity contribution is 7.92. The number of hydrogen-bond acceptors (Lipinski definition) is 7. The molecule has 0 fully saturated rings. The number of hydrazone groups is 1. The molecule has 188 valence electrons. The predicted molar refractivity (Wildman–Crippen MR) is 137 cm³/mol. The Balaban J connectivity index is 1.85. The smallest absolute Gasteiger partial charge is 0.270 e. The van der Waals surface area contributed by atoms with Crippen LogP contribution in [-0.4, -0.2) is 38.6 Å². The number of halogens is 2. The minimum Gasteiger partial charge on any atom is -0.494 e. The summed E-state index contributed by atoms with van der Waals surface area (Å²) in [5, 5.41) is 15.3. The summed E-state index contributed by atoms with van der Waals surface area (Å²) < 4.78 is 33.1. The second-order valence-corrected chi connectivity index (χ2v) is 9.85. The average Bonchev–Trinajstić information content (AvgIpc) is 2.84. The molecule has 0 saturated carbocycles. The van der Waals surface area contributed by atoms with Gasteiger partial charge in [-0.15, -0.1) is 0 Å². The van der Waals surface area contributed by atoms with Gasteiger partial charge in [0.1, 0.15) is 12.3 Å². The largest absolute Gasteiger partial charge is 0.494 e. The van der Waals surface area contributed by atoms with Gasteiger partial charge < -0.3 is 4.74 Å². The van der Waals surface area contributed by atoms with Crippen LogP contribution in [0.2, 0.25) is 10.0 Å². The van der Waals surface area contributed by atoms with Crippen molar-refractivity contribution in [3.8, 4) is 5.75 Å². The molecule has 3 aromatic rings. The Labute approximate surface area is 217 Å². The first-order valence-electron chi connectivity index (χ1n) is 10.4. The van der Waals surface area contributed by atoms with E-state index in [1.165, 1.54) is 54.6 Å². The van der Waals surface area contributed by atoms with Gasteiger partial charge in [-0.1, -0.05) is 23.2 Å². The Kier molecular flexibility index (Phi) is 8.86. The number of non-ortho nitro benzene ring substituents is 1. The summed E-state index contributed by atoms with van der Waals surface area (Å²) >= 11 is 11.9. The molecule has 13 heteroatoms. The fourth-order valence-electron chi connectivity index (χ4n) is 3.01. The van der Waals surface area contributed by atoms with Crippen molar-refractivity contribution in [2.24, 2.45) is 5.10 Å². The first kappa shape index (κ1) is 26.9. The van der Waals surface area contributed by atoms with Crippen LogP contribution >= 0.6 is 23.2 Å². The minimum absolute atomic E-state index is 0.0690. The Morgan fingerprint density at radius 1 is 1.11 bits per heavy atom. The Bertz CT molecular complexity index is 1380. The molecule has 0 heterocycles. The summed E-state index contributed by atoms with van der Waals surface area (Å²) in [6, 6.07) is 15.5. The van der Waals surface area contributed by atoms with Crippen LogP contribution < -0.4 is 14.5 Å². The quantitative estimate of drug-likeness (QED) is 0.222. The third-order valence-corrected chi connectivity index (χ3v) is 7.09. The van der Waals surface area contributed by atoms with Gasteiger partial charge in [0.05, 0.1) is 28.3 Å². The van der Waals surface area contributed by atoms with Crippen molar-refractivity contribution in [2.75, 3.05) is 17.5 Å². The van der Waals surface area contributed by atoms with Crippen LogP contribution in [0.25, 0.3) is 0 Å². The molecular formula is C23H20Cl2N4O6S. The molecule has 0 unspecified atom stereocenters. The second kappa shape index (κ2) is 11.8. The zero-order chi connectivity index (χ0) is 26.3. The van der Waals surface area contributed by atoms with E-state index in [2.05, 4.69) is 10.5 Å². The minimum atomic E-state index is -4.17. The van der Waals surface area contributed by atoms with Crippen molar-refractivity contribution in [1.29, 1.82) is 0 Å². The number of sulfonamides is 1. The molecule has 36 heavy (non-hydrogen) atoms. The lowest BCUT2D eigenvalue weighted by Crippen LogP contribution is -2.39. The molecule has 1 amide bonds.